The van der Waals surface area contributed by atoms with Crippen molar-refractivity contribution in [3.05, 3.63) is 143 Å². The van der Waals surface area contributed by atoms with E-state index in [4.69, 9.17) is 52.1 Å². The molecule has 2 N–H and O–H groups in total. The van der Waals surface area contributed by atoms with E-state index >= 15 is 0 Å². The van der Waals surface area contributed by atoms with Crippen LogP contribution in [0.15, 0.2) is 114 Å². The van der Waals surface area contributed by atoms with Crippen LogP contribution in [-0.2, 0) is 81.1 Å². The Morgan fingerprint density at radius 3 is 1.56 bits per heavy atom. The summed E-state index contributed by atoms with van der Waals surface area (Å²) in [5, 5.41) is 5.73. The molecule has 0 fully saturated rings. The molecule has 0 saturated heterocycles. The number of amides is 3. The predicted molar refractivity (Wildman–Crippen MR) is 350 cm³/mol. The molecule has 0 aliphatic rings. The summed E-state index contributed by atoms with van der Waals surface area (Å²) in [5.74, 6) is -1.09. The molecule has 3 amide bonds. The van der Waals surface area contributed by atoms with Gasteiger partial charge >= 0.3 is 6.18 Å². The molecule has 4 aromatic carbocycles. The molecule has 1 aromatic heterocycles. The van der Waals surface area contributed by atoms with Crippen molar-refractivity contribution in [2.45, 2.75) is 64.1 Å². The molecule has 0 atom stereocenters. The maximum atomic E-state index is 13.7. The number of nitrogens with one attached hydrogen (secondary N) is 2. The summed E-state index contributed by atoms with van der Waals surface area (Å²) in [5.41, 5.74) is 3.98. The standard InChI is InChI=1S/C52H62F3N5O9S.C16H34O7/c1-5-60(6-2)44-18-21-47(46(36-44)48-35-42(22-23-56-48)49(61)57-37-39-12-8-15-43(34-39)52(53,54)55)58-50(62)41-14-7-11-38(33-41)13-9-24-66-26-28-68-30-31-69-29-27-67-25-10-32-70(64,65)45-19-16-40(17-20-45)51(63)59(3)4;1-3-4-18-7-8-20-11-12-22-15-16-23-14-13-21-10-9-19-6-5-17-2/h7-8,11-12,14-23,33-36H,5-6,9-10,13,24-32,37H2,1-4H3,(H,57,61)(H,58,62);3-16H2,1-2H3. The number of aromatic nitrogens is 1. The number of hydrogen-bond acceptors (Lipinski definition) is 18. The van der Waals surface area contributed by atoms with Crippen molar-refractivity contribution in [1.82, 2.24) is 15.2 Å². The van der Waals surface area contributed by atoms with Crippen LogP contribution < -0.4 is 15.5 Å². The second-order valence-electron chi connectivity index (χ2n) is 21.0. The summed E-state index contributed by atoms with van der Waals surface area (Å²) in [7, 11) is 1.43. The molecule has 0 saturated carbocycles. The molecule has 516 valence electrons. The highest BCUT2D eigenvalue weighted by Crippen LogP contribution is 2.33. The molecule has 0 aliphatic heterocycles. The number of carbonyl (C=O) groups excluding carboxylic acids is 3. The fourth-order valence-corrected chi connectivity index (χ4v) is 10.0. The first-order chi connectivity index (χ1) is 45.0. The van der Waals surface area contributed by atoms with Crippen LogP contribution in [0.2, 0.25) is 0 Å². The summed E-state index contributed by atoms with van der Waals surface area (Å²) in [6.07, 6.45) is -0.256. The van der Waals surface area contributed by atoms with Crippen molar-refractivity contribution in [3.63, 3.8) is 0 Å². The SMILES string of the molecule is CCCOCCOCCOCCOCCOCCOCCOC.CCN(CC)c1ccc(NC(=O)c2cccc(CCCOCCOCCOCCOCCCS(=O)(=O)c3ccc(C(=O)N(C)C)cc3)c2)c(-c2cc(C(=O)NCc3cccc(C(F)(F)F)c3)ccn2)c1. The summed E-state index contributed by atoms with van der Waals surface area (Å²) in [6, 6.07) is 26.8. The van der Waals surface area contributed by atoms with Crippen LogP contribution in [0.4, 0.5) is 24.5 Å². The van der Waals surface area contributed by atoms with Crippen molar-refractivity contribution in [2.24, 2.45) is 0 Å². The minimum atomic E-state index is -4.50. The topological polar surface area (TPSA) is 230 Å². The number of anilines is 2. The number of sulfone groups is 1. The predicted octanol–water partition coefficient (Wildman–Crippen LogP) is 9.50. The molecule has 1 heterocycles. The Morgan fingerprint density at radius 2 is 1.03 bits per heavy atom. The van der Waals surface area contributed by atoms with Gasteiger partial charge in [0.2, 0.25) is 0 Å². The van der Waals surface area contributed by atoms with Crippen molar-refractivity contribution in [1.29, 1.82) is 0 Å². The van der Waals surface area contributed by atoms with Gasteiger partial charge in [-0.3, -0.25) is 19.4 Å². The van der Waals surface area contributed by atoms with Crippen molar-refractivity contribution in [3.8, 4) is 11.3 Å². The minimum absolute atomic E-state index is 0.0694. The lowest BCUT2D eigenvalue weighted by Gasteiger charge is -2.23. The average Bonchev–Trinajstić information content (AvgIpc) is 0.846. The van der Waals surface area contributed by atoms with Crippen LogP contribution in [0.25, 0.3) is 11.3 Å². The maximum Gasteiger partial charge on any atom is 0.416 e. The lowest BCUT2D eigenvalue weighted by molar-refractivity contribution is -0.137. The number of benzene rings is 4. The second kappa shape index (κ2) is 46.6. The Labute approximate surface area is 547 Å². The fourth-order valence-electron chi connectivity index (χ4n) is 8.72. The largest absolute Gasteiger partial charge is 0.416 e. The quantitative estimate of drug-likeness (QED) is 0.0345. The Kier molecular flexibility index (Phi) is 39.6. The van der Waals surface area contributed by atoms with Gasteiger partial charge in [0.05, 0.1) is 147 Å². The molecule has 0 unspecified atom stereocenters. The lowest BCUT2D eigenvalue weighted by Crippen LogP contribution is -2.23. The van der Waals surface area contributed by atoms with Crippen molar-refractivity contribution < 1.29 is 88.1 Å². The second-order valence-corrected chi connectivity index (χ2v) is 23.1. The molecule has 5 rings (SSSR count). The number of aryl methyl sites for hydroxylation is 1. The molecular formula is C68H96F3N5O16S. The van der Waals surface area contributed by atoms with Gasteiger partial charge in [0.15, 0.2) is 9.84 Å². The molecule has 0 radical (unpaired) electrons. The van der Waals surface area contributed by atoms with E-state index in [0.29, 0.717) is 172 Å². The first-order valence-electron chi connectivity index (χ1n) is 31.5. The van der Waals surface area contributed by atoms with E-state index in [-0.39, 0.29) is 41.2 Å². The van der Waals surface area contributed by atoms with Crippen LogP contribution in [0.1, 0.15) is 87.8 Å². The molecule has 0 bridgehead atoms. The Hall–Kier alpha value is -6.46. The molecule has 0 aliphatic carbocycles. The first kappa shape index (κ1) is 79.0. The van der Waals surface area contributed by atoms with Gasteiger partial charge in [-0.15, -0.1) is 0 Å². The third-order valence-corrected chi connectivity index (χ3v) is 15.5. The zero-order chi connectivity index (χ0) is 67.4. The highest BCUT2D eigenvalue weighted by molar-refractivity contribution is 7.91. The highest BCUT2D eigenvalue weighted by Gasteiger charge is 2.30. The van der Waals surface area contributed by atoms with Crippen LogP contribution in [0, 0.1) is 0 Å². The molecule has 25 heteroatoms. The number of pyridine rings is 1. The van der Waals surface area contributed by atoms with Crippen molar-refractivity contribution >= 4 is 38.9 Å². The van der Waals surface area contributed by atoms with Gasteiger partial charge < -0.3 is 72.5 Å². The third-order valence-electron chi connectivity index (χ3n) is 13.7. The summed E-state index contributed by atoms with van der Waals surface area (Å²) < 4.78 is 124. The normalized spacial score (nSPS) is 11.5. The molecule has 93 heavy (non-hydrogen) atoms. The van der Waals surface area contributed by atoms with Crippen molar-refractivity contribution in [2.75, 3.05) is 189 Å². The van der Waals surface area contributed by atoms with Gasteiger partial charge in [-0.05, 0) is 130 Å². The summed E-state index contributed by atoms with van der Waals surface area (Å²) in [6.45, 7) is 18.3. The fraction of sp³-hybridized carbons (Fsp3) is 0.529. The number of hydrogen-bond donors (Lipinski definition) is 2. The zero-order valence-corrected chi connectivity index (χ0v) is 55.6. The third kappa shape index (κ3) is 32.5. The Bertz CT molecular complexity index is 2980. The van der Waals surface area contributed by atoms with Gasteiger partial charge in [0.25, 0.3) is 17.7 Å². The zero-order valence-electron chi connectivity index (χ0n) is 54.8. The number of halogens is 3. The van der Waals surface area contributed by atoms with E-state index < -0.39 is 27.5 Å². The van der Waals surface area contributed by atoms with Crippen LogP contribution in [0.3, 0.4) is 0 Å². The van der Waals surface area contributed by atoms with Gasteiger partial charge in [-0.1, -0.05) is 31.2 Å². The van der Waals surface area contributed by atoms with Gasteiger partial charge in [-0.2, -0.15) is 13.2 Å². The van der Waals surface area contributed by atoms with Gasteiger partial charge in [0, 0.05) is 94.8 Å². The van der Waals surface area contributed by atoms with E-state index in [0.717, 1.165) is 55.9 Å². The smallest absolute Gasteiger partial charge is 0.382 e. The van der Waals surface area contributed by atoms with E-state index in [9.17, 15) is 36.0 Å². The van der Waals surface area contributed by atoms with Crippen LogP contribution in [-0.4, -0.2) is 215 Å². The van der Waals surface area contributed by atoms with Crippen LogP contribution in [0.5, 0.6) is 0 Å². The van der Waals surface area contributed by atoms with E-state index in [1.165, 1.54) is 53.6 Å². The number of ether oxygens (including phenoxy) is 11. The van der Waals surface area contributed by atoms with E-state index in [1.807, 2.05) is 44.2 Å². The van der Waals surface area contributed by atoms with Gasteiger partial charge in [0.1, 0.15) is 0 Å². The monoisotopic (exact) mass is 1330 g/mol. The number of nitrogens with zero attached hydrogens (tertiary/aromatic N) is 3. The number of rotatable bonds is 48. The van der Waals surface area contributed by atoms with E-state index in [2.05, 4.69) is 27.4 Å². The average molecular weight is 1330 g/mol. The Morgan fingerprint density at radius 1 is 0.527 bits per heavy atom. The highest BCUT2D eigenvalue weighted by atomic mass is 32.2. The summed E-state index contributed by atoms with van der Waals surface area (Å²) in [4.78, 5) is 47.3. The molecule has 0 spiro atoms. The maximum absolute atomic E-state index is 13.7. The first-order valence-corrected chi connectivity index (χ1v) is 33.2. The molecule has 21 nitrogen and oxygen atoms in total. The van der Waals surface area contributed by atoms with E-state index in [1.54, 1.807) is 39.4 Å². The molecule has 5 aromatic rings. The molecular weight excluding hydrogens is 1230 g/mol. The Balaban J connectivity index is 0.000000678. The lowest BCUT2D eigenvalue weighted by atomic mass is 10.0. The number of carbonyl (C=O) groups is 3. The van der Waals surface area contributed by atoms with Gasteiger partial charge in [-0.25, -0.2) is 8.42 Å². The summed E-state index contributed by atoms with van der Waals surface area (Å²) >= 11 is 0. The number of methoxy groups -OCH3 is 1. The number of alkyl halides is 3. The van der Waals surface area contributed by atoms with Crippen LogP contribution >= 0.6 is 0 Å². The minimum Gasteiger partial charge on any atom is -0.382 e.